The van der Waals surface area contributed by atoms with Gasteiger partial charge in [-0.1, -0.05) is 36.4 Å². The lowest BCUT2D eigenvalue weighted by Crippen LogP contribution is -1.96. The molecule has 0 atom stereocenters. The number of carbonyl (C=O) groups is 1. The zero-order chi connectivity index (χ0) is 11.1. The summed E-state index contributed by atoms with van der Waals surface area (Å²) in [4.78, 5) is 10.8. The quantitative estimate of drug-likeness (QED) is 0.763. The smallest absolute Gasteiger partial charge is 0.309 e. The molecule has 0 aliphatic heterocycles. The molecule has 0 radical (unpaired) electrons. The largest absolute Gasteiger partial charge is 0.469 e. The topological polar surface area (TPSA) is 46.5 Å². The Morgan fingerprint density at radius 2 is 2.20 bits per heavy atom. The summed E-state index contributed by atoms with van der Waals surface area (Å²) < 4.78 is 4.51. The van der Waals surface area contributed by atoms with Crippen molar-refractivity contribution in [3.05, 3.63) is 41.5 Å². The molecule has 0 saturated heterocycles. The van der Waals surface area contributed by atoms with Gasteiger partial charge in [0.2, 0.25) is 0 Å². The third-order valence-electron chi connectivity index (χ3n) is 2.04. The Labute approximate surface area is 89.0 Å². The van der Waals surface area contributed by atoms with Gasteiger partial charge < -0.3 is 9.84 Å². The molecular formula is C12H14O3. The van der Waals surface area contributed by atoms with Gasteiger partial charge in [0.15, 0.2) is 0 Å². The predicted molar refractivity (Wildman–Crippen MR) is 58.0 cm³/mol. The summed E-state index contributed by atoms with van der Waals surface area (Å²) in [6.07, 6.45) is 3.78. The van der Waals surface area contributed by atoms with Gasteiger partial charge in [0.25, 0.3) is 0 Å². The summed E-state index contributed by atoms with van der Waals surface area (Å²) in [5, 5.41) is 9.05. The van der Waals surface area contributed by atoms with Gasteiger partial charge >= 0.3 is 5.97 Å². The lowest BCUT2D eigenvalue weighted by molar-refractivity contribution is -0.139. The number of rotatable bonds is 4. The number of hydrogen-bond acceptors (Lipinski definition) is 3. The van der Waals surface area contributed by atoms with Crippen molar-refractivity contribution in [2.75, 3.05) is 7.11 Å². The van der Waals surface area contributed by atoms with Gasteiger partial charge in [-0.2, -0.15) is 0 Å². The molecule has 0 aliphatic carbocycles. The SMILES string of the molecule is COC(=O)CC=Cc1ccccc1CO. The monoisotopic (exact) mass is 206 g/mol. The zero-order valence-corrected chi connectivity index (χ0v) is 8.64. The number of esters is 1. The Hall–Kier alpha value is -1.61. The van der Waals surface area contributed by atoms with Crippen molar-refractivity contribution in [1.29, 1.82) is 0 Å². The second kappa shape index (κ2) is 5.98. The van der Waals surface area contributed by atoms with Crippen LogP contribution in [0.5, 0.6) is 0 Å². The van der Waals surface area contributed by atoms with Crippen LogP contribution in [0.2, 0.25) is 0 Å². The maximum Gasteiger partial charge on any atom is 0.309 e. The molecule has 1 N–H and O–H groups in total. The van der Waals surface area contributed by atoms with Gasteiger partial charge in [0.1, 0.15) is 0 Å². The van der Waals surface area contributed by atoms with Gasteiger partial charge in [-0.25, -0.2) is 0 Å². The Morgan fingerprint density at radius 3 is 2.87 bits per heavy atom. The van der Waals surface area contributed by atoms with E-state index < -0.39 is 0 Å². The highest BCUT2D eigenvalue weighted by Gasteiger charge is 1.97. The molecule has 0 bridgehead atoms. The van der Waals surface area contributed by atoms with Crippen molar-refractivity contribution in [3.8, 4) is 0 Å². The Balaban J connectivity index is 2.67. The summed E-state index contributed by atoms with van der Waals surface area (Å²) in [6, 6.07) is 7.48. The second-order valence-electron chi connectivity index (χ2n) is 3.04. The van der Waals surface area contributed by atoms with Crippen LogP contribution in [0.15, 0.2) is 30.3 Å². The maximum absolute atomic E-state index is 10.8. The molecule has 0 heterocycles. The molecule has 0 aromatic heterocycles. The lowest BCUT2D eigenvalue weighted by Gasteiger charge is -2.01. The van der Waals surface area contributed by atoms with Crippen molar-refractivity contribution in [2.24, 2.45) is 0 Å². The number of aliphatic hydroxyl groups is 1. The van der Waals surface area contributed by atoms with Gasteiger partial charge in [-0.3, -0.25) is 4.79 Å². The van der Waals surface area contributed by atoms with E-state index in [0.29, 0.717) is 0 Å². The highest BCUT2D eigenvalue weighted by atomic mass is 16.5. The molecule has 0 saturated carbocycles. The van der Waals surface area contributed by atoms with Crippen LogP contribution in [-0.2, 0) is 16.1 Å². The number of methoxy groups -OCH3 is 1. The molecule has 1 aromatic rings. The number of benzene rings is 1. The standard InChI is InChI=1S/C12H14O3/c1-15-12(14)8-4-7-10-5-2-3-6-11(10)9-13/h2-7,13H,8-9H2,1H3. The van der Waals surface area contributed by atoms with Crippen molar-refractivity contribution < 1.29 is 14.6 Å². The Kier molecular flexibility index (Phi) is 4.57. The minimum absolute atomic E-state index is 0.00125. The molecule has 0 aliphatic rings. The number of carbonyl (C=O) groups excluding carboxylic acids is 1. The zero-order valence-electron chi connectivity index (χ0n) is 8.64. The lowest BCUT2D eigenvalue weighted by atomic mass is 10.1. The fourth-order valence-electron chi connectivity index (χ4n) is 1.21. The minimum Gasteiger partial charge on any atom is -0.469 e. The van der Waals surface area contributed by atoms with Gasteiger partial charge in [-0.15, -0.1) is 0 Å². The molecule has 3 nitrogen and oxygen atoms in total. The van der Waals surface area contributed by atoms with Crippen LogP contribution in [0.4, 0.5) is 0 Å². The molecule has 0 fully saturated rings. The van der Waals surface area contributed by atoms with E-state index in [0.717, 1.165) is 11.1 Å². The van der Waals surface area contributed by atoms with Crippen molar-refractivity contribution >= 4 is 12.0 Å². The van der Waals surface area contributed by atoms with E-state index in [2.05, 4.69) is 4.74 Å². The molecule has 1 aromatic carbocycles. The van der Waals surface area contributed by atoms with Crippen LogP contribution < -0.4 is 0 Å². The molecule has 15 heavy (non-hydrogen) atoms. The van der Waals surface area contributed by atoms with E-state index in [1.807, 2.05) is 30.3 Å². The Morgan fingerprint density at radius 1 is 1.47 bits per heavy atom. The fourth-order valence-corrected chi connectivity index (χ4v) is 1.21. The average molecular weight is 206 g/mol. The van der Waals surface area contributed by atoms with Crippen molar-refractivity contribution in [1.82, 2.24) is 0 Å². The normalized spacial score (nSPS) is 10.5. The highest BCUT2D eigenvalue weighted by molar-refractivity contribution is 5.72. The minimum atomic E-state index is -0.271. The van der Waals surface area contributed by atoms with E-state index in [1.54, 1.807) is 6.08 Å². The van der Waals surface area contributed by atoms with Crippen LogP contribution in [-0.4, -0.2) is 18.2 Å². The van der Waals surface area contributed by atoms with E-state index in [9.17, 15) is 4.79 Å². The third kappa shape index (κ3) is 3.56. The first-order valence-electron chi connectivity index (χ1n) is 4.70. The number of hydrogen-bond donors (Lipinski definition) is 1. The summed E-state index contributed by atoms with van der Waals surface area (Å²) >= 11 is 0. The Bertz CT molecular complexity index is 356. The third-order valence-corrected chi connectivity index (χ3v) is 2.04. The molecule has 3 heteroatoms. The first-order chi connectivity index (χ1) is 7.27. The summed E-state index contributed by atoms with van der Waals surface area (Å²) in [7, 11) is 1.36. The molecule has 0 amide bonds. The van der Waals surface area contributed by atoms with Gasteiger partial charge in [0.05, 0.1) is 20.1 Å². The van der Waals surface area contributed by atoms with E-state index >= 15 is 0 Å². The van der Waals surface area contributed by atoms with Gasteiger partial charge in [-0.05, 0) is 11.1 Å². The van der Waals surface area contributed by atoms with Crippen LogP contribution in [0.1, 0.15) is 17.5 Å². The van der Waals surface area contributed by atoms with Crippen molar-refractivity contribution in [3.63, 3.8) is 0 Å². The van der Waals surface area contributed by atoms with Crippen LogP contribution >= 0.6 is 0 Å². The fraction of sp³-hybridized carbons (Fsp3) is 0.250. The molecule has 80 valence electrons. The van der Waals surface area contributed by atoms with Crippen LogP contribution in [0.25, 0.3) is 6.08 Å². The number of aliphatic hydroxyl groups excluding tert-OH is 1. The molecular weight excluding hydrogens is 192 g/mol. The number of ether oxygens (including phenoxy) is 1. The summed E-state index contributed by atoms with van der Waals surface area (Å²) in [5.41, 5.74) is 1.77. The van der Waals surface area contributed by atoms with E-state index in [-0.39, 0.29) is 19.0 Å². The maximum atomic E-state index is 10.8. The molecule has 1 rings (SSSR count). The first-order valence-corrected chi connectivity index (χ1v) is 4.70. The summed E-state index contributed by atoms with van der Waals surface area (Å²) in [5.74, 6) is -0.271. The molecule has 0 unspecified atom stereocenters. The highest BCUT2D eigenvalue weighted by Crippen LogP contribution is 2.10. The van der Waals surface area contributed by atoms with E-state index in [4.69, 9.17) is 5.11 Å². The average Bonchev–Trinajstić information content (AvgIpc) is 2.29. The summed E-state index contributed by atoms with van der Waals surface area (Å²) in [6.45, 7) is -0.00125. The van der Waals surface area contributed by atoms with Crippen LogP contribution in [0, 0.1) is 0 Å². The van der Waals surface area contributed by atoms with E-state index in [1.165, 1.54) is 7.11 Å². The predicted octanol–water partition coefficient (Wildman–Crippen LogP) is 1.76. The first kappa shape index (κ1) is 11.5. The second-order valence-corrected chi connectivity index (χ2v) is 3.04. The van der Waals surface area contributed by atoms with Crippen LogP contribution in [0.3, 0.4) is 0 Å². The van der Waals surface area contributed by atoms with Gasteiger partial charge in [0, 0.05) is 0 Å². The molecule has 0 spiro atoms. The van der Waals surface area contributed by atoms with Crippen molar-refractivity contribution in [2.45, 2.75) is 13.0 Å².